The maximum atomic E-state index is 9.51. The number of rotatable bonds is 3. The summed E-state index contributed by atoms with van der Waals surface area (Å²) < 4.78 is 0. The Hall–Kier alpha value is -1.46. The minimum atomic E-state index is -1.01. The van der Waals surface area contributed by atoms with E-state index in [9.17, 15) is 15.3 Å². The third kappa shape index (κ3) is 2.07. The molecule has 0 amide bonds. The highest BCUT2D eigenvalue weighted by Crippen LogP contribution is 2.36. The van der Waals surface area contributed by atoms with Crippen LogP contribution in [0.15, 0.2) is 12.1 Å². The predicted octanol–water partition coefficient (Wildman–Crippen LogP) is 0.0562. The molecule has 0 aromatic heterocycles. The second-order valence-electron chi connectivity index (χ2n) is 2.97. The average Bonchev–Trinajstić information content (AvgIpc) is 2.01. The number of aliphatic hydroxyl groups excluding tert-OH is 1. The molecule has 5 nitrogen and oxygen atoms in total. The summed E-state index contributed by atoms with van der Waals surface area (Å²) in [6, 6.07) is 2.13. The summed E-state index contributed by atoms with van der Waals surface area (Å²) in [6.45, 7) is 0.200. The van der Waals surface area contributed by atoms with Gasteiger partial charge in [-0.05, 0) is 7.05 Å². The van der Waals surface area contributed by atoms with E-state index >= 15 is 0 Å². The standard InChI is InChI=1S/C9H13NO4/c1-10-4-8(14)9-6(12)2-5(11)3-7(9)13/h2-3,8,10-14H,4H2,1H3. The lowest BCUT2D eigenvalue weighted by atomic mass is 10.1. The number of benzene rings is 1. The van der Waals surface area contributed by atoms with E-state index in [0.29, 0.717) is 0 Å². The van der Waals surface area contributed by atoms with Crippen molar-refractivity contribution in [3.63, 3.8) is 0 Å². The molecule has 14 heavy (non-hydrogen) atoms. The fraction of sp³-hybridized carbons (Fsp3) is 0.333. The van der Waals surface area contributed by atoms with Crippen molar-refractivity contribution in [1.29, 1.82) is 0 Å². The van der Waals surface area contributed by atoms with Gasteiger partial charge in [0.05, 0.1) is 11.7 Å². The molecule has 5 N–H and O–H groups in total. The molecule has 0 aliphatic carbocycles. The molecule has 0 saturated carbocycles. The fourth-order valence-corrected chi connectivity index (χ4v) is 1.25. The van der Waals surface area contributed by atoms with Crippen molar-refractivity contribution in [3.8, 4) is 17.2 Å². The average molecular weight is 199 g/mol. The van der Waals surface area contributed by atoms with Crippen LogP contribution in [0.2, 0.25) is 0 Å². The molecule has 0 spiro atoms. The molecule has 0 aliphatic heterocycles. The molecule has 0 saturated heterocycles. The third-order valence-corrected chi connectivity index (χ3v) is 1.85. The zero-order valence-electron chi connectivity index (χ0n) is 7.73. The second-order valence-corrected chi connectivity index (χ2v) is 2.97. The van der Waals surface area contributed by atoms with Crippen molar-refractivity contribution in [3.05, 3.63) is 17.7 Å². The van der Waals surface area contributed by atoms with E-state index in [2.05, 4.69) is 5.32 Å². The Morgan fingerprint density at radius 3 is 2.14 bits per heavy atom. The van der Waals surface area contributed by atoms with Gasteiger partial charge >= 0.3 is 0 Å². The molecule has 0 fully saturated rings. The van der Waals surface area contributed by atoms with Gasteiger partial charge in [0.25, 0.3) is 0 Å². The molecular weight excluding hydrogens is 186 g/mol. The highest BCUT2D eigenvalue weighted by atomic mass is 16.3. The Morgan fingerprint density at radius 2 is 1.71 bits per heavy atom. The smallest absolute Gasteiger partial charge is 0.128 e. The summed E-state index contributed by atoms with van der Waals surface area (Å²) >= 11 is 0. The quantitative estimate of drug-likeness (QED) is 0.474. The van der Waals surface area contributed by atoms with Crippen LogP contribution in [0.4, 0.5) is 0 Å². The van der Waals surface area contributed by atoms with Crippen molar-refractivity contribution in [1.82, 2.24) is 5.32 Å². The zero-order chi connectivity index (χ0) is 10.7. The summed E-state index contributed by atoms with van der Waals surface area (Å²) in [4.78, 5) is 0. The van der Waals surface area contributed by atoms with Crippen LogP contribution in [-0.2, 0) is 0 Å². The van der Waals surface area contributed by atoms with Crippen molar-refractivity contribution >= 4 is 0 Å². The molecule has 78 valence electrons. The second kappa shape index (κ2) is 4.17. The molecule has 1 rings (SSSR count). The number of phenols is 3. The number of nitrogens with one attached hydrogen (secondary N) is 1. The highest BCUT2D eigenvalue weighted by Gasteiger charge is 2.17. The third-order valence-electron chi connectivity index (χ3n) is 1.85. The van der Waals surface area contributed by atoms with Gasteiger partial charge in [0.1, 0.15) is 17.2 Å². The SMILES string of the molecule is CNCC(O)c1c(O)cc(O)cc1O. The number of hydrogen-bond acceptors (Lipinski definition) is 5. The molecule has 0 aliphatic rings. The first kappa shape index (κ1) is 10.6. The van der Waals surface area contributed by atoms with Gasteiger partial charge in [0.15, 0.2) is 0 Å². The number of aromatic hydroxyl groups is 3. The monoisotopic (exact) mass is 199 g/mol. The minimum Gasteiger partial charge on any atom is -0.508 e. The van der Waals surface area contributed by atoms with Crippen molar-refractivity contribution in [2.75, 3.05) is 13.6 Å². The van der Waals surface area contributed by atoms with Gasteiger partial charge in [-0.1, -0.05) is 0 Å². The number of aliphatic hydroxyl groups is 1. The van der Waals surface area contributed by atoms with E-state index < -0.39 is 6.10 Å². The van der Waals surface area contributed by atoms with Crippen LogP contribution < -0.4 is 5.32 Å². The van der Waals surface area contributed by atoms with E-state index in [1.807, 2.05) is 0 Å². The maximum absolute atomic E-state index is 9.51. The summed E-state index contributed by atoms with van der Waals surface area (Å²) in [5.74, 6) is -0.907. The van der Waals surface area contributed by atoms with Gasteiger partial charge in [-0.2, -0.15) is 0 Å². The number of hydrogen-bond donors (Lipinski definition) is 5. The molecule has 5 heteroatoms. The van der Waals surface area contributed by atoms with Crippen LogP contribution in [0.25, 0.3) is 0 Å². The van der Waals surface area contributed by atoms with Gasteiger partial charge in [0.2, 0.25) is 0 Å². The molecule has 0 heterocycles. The summed E-state index contributed by atoms with van der Waals surface area (Å²) in [6.07, 6.45) is -1.01. The lowest BCUT2D eigenvalue weighted by Crippen LogP contribution is -2.16. The largest absolute Gasteiger partial charge is 0.508 e. The van der Waals surface area contributed by atoms with Crippen LogP contribution in [-0.4, -0.2) is 34.0 Å². The van der Waals surface area contributed by atoms with E-state index in [0.717, 1.165) is 12.1 Å². The van der Waals surface area contributed by atoms with E-state index in [1.54, 1.807) is 7.05 Å². The van der Waals surface area contributed by atoms with Crippen LogP contribution >= 0.6 is 0 Å². The first-order valence-corrected chi connectivity index (χ1v) is 4.13. The summed E-state index contributed by atoms with van der Waals surface area (Å²) in [5, 5.41) is 39.9. The Bertz CT molecular complexity index is 304. The Morgan fingerprint density at radius 1 is 1.21 bits per heavy atom. The van der Waals surface area contributed by atoms with Crippen LogP contribution in [0.5, 0.6) is 17.2 Å². The van der Waals surface area contributed by atoms with Crippen LogP contribution in [0.3, 0.4) is 0 Å². The molecule has 1 aromatic rings. The normalized spacial score (nSPS) is 12.7. The van der Waals surface area contributed by atoms with Gasteiger partial charge < -0.3 is 25.7 Å². The lowest BCUT2D eigenvalue weighted by molar-refractivity contribution is 0.169. The van der Waals surface area contributed by atoms with Crippen LogP contribution in [0, 0.1) is 0 Å². The highest BCUT2D eigenvalue weighted by molar-refractivity contribution is 5.49. The molecule has 1 unspecified atom stereocenters. The summed E-state index contributed by atoms with van der Waals surface area (Å²) in [7, 11) is 1.64. The number of phenolic OH excluding ortho intramolecular Hbond substituents is 3. The zero-order valence-corrected chi connectivity index (χ0v) is 7.73. The summed E-state index contributed by atoms with van der Waals surface area (Å²) in [5.41, 5.74) is 0.0113. The molecule has 1 aromatic carbocycles. The fourth-order valence-electron chi connectivity index (χ4n) is 1.25. The molecule has 1 atom stereocenters. The van der Waals surface area contributed by atoms with Crippen molar-refractivity contribution in [2.24, 2.45) is 0 Å². The van der Waals surface area contributed by atoms with Crippen molar-refractivity contribution in [2.45, 2.75) is 6.10 Å². The van der Waals surface area contributed by atoms with Gasteiger partial charge in [-0.3, -0.25) is 0 Å². The molecule has 0 radical (unpaired) electrons. The van der Waals surface area contributed by atoms with Crippen molar-refractivity contribution < 1.29 is 20.4 Å². The molecule has 0 bridgehead atoms. The topological polar surface area (TPSA) is 93.0 Å². The van der Waals surface area contributed by atoms with Gasteiger partial charge in [0, 0.05) is 18.7 Å². The lowest BCUT2D eigenvalue weighted by Gasteiger charge is -2.13. The van der Waals surface area contributed by atoms with E-state index in [-0.39, 0.29) is 29.4 Å². The van der Waals surface area contributed by atoms with Gasteiger partial charge in [-0.25, -0.2) is 0 Å². The minimum absolute atomic E-state index is 0.0113. The number of likely N-dealkylation sites (N-methyl/N-ethyl adjacent to an activating group) is 1. The van der Waals surface area contributed by atoms with Crippen LogP contribution in [0.1, 0.15) is 11.7 Å². The maximum Gasteiger partial charge on any atom is 0.128 e. The molecular formula is C9H13NO4. The Kier molecular flexibility index (Phi) is 3.16. The van der Waals surface area contributed by atoms with Gasteiger partial charge in [-0.15, -0.1) is 0 Å². The Balaban J connectivity index is 3.07. The predicted molar refractivity (Wildman–Crippen MR) is 50.3 cm³/mol. The van der Waals surface area contributed by atoms with E-state index in [1.165, 1.54) is 0 Å². The first-order chi connectivity index (χ1) is 6.56. The van der Waals surface area contributed by atoms with E-state index in [4.69, 9.17) is 5.11 Å². The Labute approximate surface area is 81.3 Å². The first-order valence-electron chi connectivity index (χ1n) is 4.13.